The van der Waals surface area contributed by atoms with Crippen molar-refractivity contribution in [3.05, 3.63) is 16.3 Å². The molecule has 0 atom stereocenters. The highest BCUT2D eigenvalue weighted by Crippen LogP contribution is 2.20. The normalized spacial score (nSPS) is 11.1. The summed E-state index contributed by atoms with van der Waals surface area (Å²) in [6.07, 6.45) is 0.350. The van der Waals surface area contributed by atoms with Crippen LogP contribution in [0.25, 0.3) is 0 Å². The lowest BCUT2D eigenvalue weighted by Gasteiger charge is -2.19. The van der Waals surface area contributed by atoms with Crippen LogP contribution in [0.5, 0.6) is 0 Å². The summed E-state index contributed by atoms with van der Waals surface area (Å²) in [5, 5.41) is 14.2. The van der Waals surface area contributed by atoms with Gasteiger partial charge in [0, 0.05) is 13.1 Å². The van der Waals surface area contributed by atoms with E-state index < -0.39 is 11.7 Å². The molecule has 0 aromatic carbocycles. The molecular formula is C14H23ClN4O2. The Morgan fingerprint density at radius 2 is 1.86 bits per heavy atom. The molecule has 1 amide bonds. The quantitative estimate of drug-likeness (QED) is 0.817. The molecule has 0 radical (unpaired) electrons. The van der Waals surface area contributed by atoms with E-state index in [4.69, 9.17) is 16.3 Å². The number of carbonyl (C=O) groups is 1. The lowest BCUT2D eigenvalue weighted by molar-refractivity contribution is 0.0528. The third-order valence-corrected chi connectivity index (χ3v) is 3.14. The topological polar surface area (TPSA) is 76.1 Å². The van der Waals surface area contributed by atoms with Crippen LogP contribution in [-0.4, -0.2) is 35.0 Å². The molecule has 1 heterocycles. The third-order valence-electron chi connectivity index (χ3n) is 2.78. The van der Waals surface area contributed by atoms with E-state index in [1.165, 1.54) is 0 Å². The molecule has 2 N–H and O–H groups in total. The number of nitrogens with zero attached hydrogens (tertiary/aromatic N) is 2. The van der Waals surface area contributed by atoms with Gasteiger partial charge in [0.25, 0.3) is 0 Å². The standard InChI is InChI=1S/C14H23ClN4O2/c1-9-10(2)12(19-18-11(9)15)16-7-6-8-17-13(20)21-14(3,4)5/h6-8H2,1-5H3,(H,16,19)(H,17,20). The van der Waals surface area contributed by atoms with Gasteiger partial charge in [-0.2, -0.15) is 0 Å². The zero-order chi connectivity index (χ0) is 16.0. The lowest BCUT2D eigenvalue weighted by Crippen LogP contribution is -2.33. The van der Waals surface area contributed by atoms with Crippen molar-refractivity contribution in [1.82, 2.24) is 15.5 Å². The SMILES string of the molecule is Cc1c(Cl)nnc(NCCCNC(=O)OC(C)(C)C)c1C. The number of amides is 1. The highest BCUT2D eigenvalue weighted by molar-refractivity contribution is 6.30. The highest BCUT2D eigenvalue weighted by Gasteiger charge is 2.15. The number of aromatic nitrogens is 2. The van der Waals surface area contributed by atoms with Gasteiger partial charge in [-0.25, -0.2) is 4.79 Å². The minimum atomic E-state index is -0.476. The monoisotopic (exact) mass is 314 g/mol. The summed E-state index contributed by atoms with van der Waals surface area (Å²) in [6.45, 7) is 10.5. The number of nitrogens with one attached hydrogen (secondary N) is 2. The fraction of sp³-hybridized carbons (Fsp3) is 0.643. The maximum absolute atomic E-state index is 11.4. The van der Waals surface area contributed by atoms with Crippen LogP contribution in [0.1, 0.15) is 38.3 Å². The highest BCUT2D eigenvalue weighted by atomic mass is 35.5. The fourth-order valence-corrected chi connectivity index (χ4v) is 1.72. The second-order valence-corrected chi connectivity index (χ2v) is 6.16. The van der Waals surface area contributed by atoms with Gasteiger partial charge in [0.05, 0.1) is 0 Å². The minimum Gasteiger partial charge on any atom is -0.444 e. The molecule has 0 bridgehead atoms. The molecule has 7 heteroatoms. The molecule has 0 saturated carbocycles. The van der Waals surface area contributed by atoms with Crippen molar-refractivity contribution in [3.8, 4) is 0 Å². The summed E-state index contributed by atoms with van der Waals surface area (Å²) >= 11 is 5.89. The average molecular weight is 315 g/mol. The first-order valence-corrected chi connectivity index (χ1v) is 7.28. The van der Waals surface area contributed by atoms with Crippen LogP contribution >= 0.6 is 11.6 Å². The zero-order valence-corrected chi connectivity index (χ0v) is 14.0. The fourth-order valence-electron chi connectivity index (χ4n) is 1.54. The molecule has 0 unspecified atom stereocenters. The Hall–Kier alpha value is -1.56. The molecule has 1 aromatic rings. The molecular weight excluding hydrogens is 292 g/mol. The van der Waals surface area contributed by atoms with Crippen LogP contribution in [0.4, 0.5) is 10.6 Å². The minimum absolute atomic E-state index is 0.402. The Labute approximate surface area is 130 Å². The number of rotatable bonds is 5. The Kier molecular flexibility index (Phi) is 6.20. The van der Waals surface area contributed by atoms with Crippen LogP contribution in [0.15, 0.2) is 0 Å². The van der Waals surface area contributed by atoms with Crippen molar-refractivity contribution < 1.29 is 9.53 Å². The Bertz CT molecular complexity index is 500. The Balaban J connectivity index is 2.29. The van der Waals surface area contributed by atoms with Crippen LogP contribution in [-0.2, 0) is 4.74 Å². The van der Waals surface area contributed by atoms with Gasteiger partial charge in [-0.1, -0.05) is 11.6 Å². The maximum Gasteiger partial charge on any atom is 0.407 e. The second kappa shape index (κ2) is 7.45. The molecule has 0 aliphatic rings. The van der Waals surface area contributed by atoms with Crippen molar-refractivity contribution in [1.29, 1.82) is 0 Å². The first-order chi connectivity index (χ1) is 9.70. The summed E-state index contributed by atoms with van der Waals surface area (Å²) in [6, 6.07) is 0. The van der Waals surface area contributed by atoms with Gasteiger partial charge in [-0.3, -0.25) is 0 Å². The van der Waals surface area contributed by atoms with E-state index in [9.17, 15) is 4.79 Å². The predicted molar refractivity (Wildman–Crippen MR) is 83.9 cm³/mol. The molecule has 0 spiro atoms. The van der Waals surface area contributed by atoms with Crippen molar-refractivity contribution in [2.24, 2.45) is 0 Å². The largest absolute Gasteiger partial charge is 0.444 e. The smallest absolute Gasteiger partial charge is 0.407 e. The van der Waals surface area contributed by atoms with E-state index in [1.54, 1.807) is 0 Å². The van der Waals surface area contributed by atoms with Crippen LogP contribution in [0, 0.1) is 13.8 Å². The van der Waals surface area contributed by atoms with Gasteiger partial charge in [-0.15, -0.1) is 10.2 Å². The Morgan fingerprint density at radius 1 is 1.19 bits per heavy atom. The van der Waals surface area contributed by atoms with Gasteiger partial charge < -0.3 is 15.4 Å². The number of carbonyl (C=O) groups excluding carboxylic acids is 1. The molecule has 118 valence electrons. The maximum atomic E-state index is 11.4. The van der Waals surface area contributed by atoms with Crippen LogP contribution < -0.4 is 10.6 Å². The first-order valence-electron chi connectivity index (χ1n) is 6.91. The van der Waals surface area contributed by atoms with E-state index in [0.717, 1.165) is 17.5 Å². The number of halogens is 1. The summed E-state index contributed by atoms with van der Waals surface area (Å²) in [5.41, 5.74) is 1.42. The number of alkyl carbamates (subject to hydrolysis) is 1. The van der Waals surface area contributed by atoms with Crippen molar-refractivity contribution >= 4 is 23.5 Å². The number of hydrogen-bond donors (Lipinski definition) is 2. The van der Waals surface area contributed by atoms with E-state index in [0.29, 0.717) is 24.1 Å². The third kappa shape index (κ3) is 6.16. The molecule has 21 heavy (non-hydrogen) atoms. The molecule has 6 nitrogen and oxygen atoms in total. The van der Waals surface area contributed by atoms with E-state index in [-0.39, 0.29) is 0 Å². The molecule has 0 aliphatic heterocycles. The average Bonchev–Trinajstić information content (AvgIpc) is 2.36. The summed E-state index contributed by atoms with van der Waals surface area (Å²) < 4.78 is 5.14. The molecule has 0 fully saturated rings. The van der Waals surface area contributed by atoms with Crippen molar-refractivity contribution in [2.75, 3.05) is 18.4 Å². The summed E-state index contributed by atoms with van der Waals surface area (Å²) in [4.78, 5) is 11.4. The number of anilines is 1. The zero-order valence-electron chi connectivity index (χ0n) is 13.2. The predicted octanol–water partition coefficient (Wildman–Crippen LogP) is 3.07. The Morgan fingerprint density at radius 3 is 2.48 bits per heavy atom. The van der Waals surface area contributed by atoms with Crippen LogP contribution in [0.3, 0.4) is 0 Å². The van der Waals surface area contributed by atoms with E-state index in [2.05, 4.69) is 20.8 Å². The van der Waals surface area contributed by atoms with Crippen molar-refractivity contribution in [3.63, 3.8) is 0 Å². The number of hydrogen-bond acceptors (Lipinski definition) is 5. The van der Waals surface area contributed by atoms with E-state index in [1.807, 2.05) is 34.6 Å². The van der Waals surface area contributed by atoms with Gasteiger partial charge in [0.2, 0.25) is 0 Å². The molecule has 0 saturated heterocycles. The first kappa shape index (κ1) is 17.5. The van der Waals surface area contributed by atoms with Crippen LogP contribution in [0.2, 0.25) is 5.15 Å². The second-order valence-electron chi connectivity index (χ2n) is 5.80. The van der Waals surface area contributed by atoms with Gasteiger partial charge >= 0.3 is 6.09 Å². The van der Waals surface area contributed by atoms with Gasteiger partial charge in [0.15, 0.2) is 11.0 Å². The van der Waals surface area contributed by atoms with E-state index >= 15 is 0 Å². The molecule has 1 rings (SSSR count). The summed E-state index contributed by atoms with van der Waals surface area (Å²) in [5.74, 6) is 0.717. The molecule has 1 aromatic heterocycles. The number of ether oxygens (including phenoxy) is 1. The lowest BCUT2D eigenvalue weighted by atomic mass is 10.2. The van der Waals surface area contributed by atoms with Crippen molar-refractivity contribution in [2.45, 2.75) is 46.6 Å². The summed E-state index contributed by atoms with van der Waals surface area (Å²) in [7, 11) is 0. The van der Waals surface area contributed by atoms with Gasteiger partial charge in [-0.05, 0) is 52.2 Å². The van der Waals surface area contributed by atoms with Gasteiger partial charge in [0.1, 0.15) is 5.60 Å². The molecule has 0 aliphatic carbocycles.